The molecule has 4 aromatic rings. The van der Waals surface area contributed by atoms with E-state index in [1.165, 1.54) is 30.4 Å². The zero-order valence-corrected chi connectivity index (χ0v) is 20.4. The van der Waals surface area contributed by atoms with Crippen molar-refractivity contribution in [2.45, 2.75) is 38.6 Å². The minimum absolute atomic E-state index is 0.216. The molecular weight excluding hydrogens is 450 g/mol. The summed E-state index contributed by atoms with van der Waals surface area (Å²) in [4.78, 5) is 27.3. The normalized spacial score (nSPS) is 16.1. The Labute approximate surface area is 210 Å². The van der Waals surface area contributed by atoms with Gasteiger partial charge in [0.15, 0.2) is 5.78 Å². The second-order valence-electron chi connectivity index (χ2n) is 9.78. The molecule has 2 aliphatic rings. The van der Waals surface area contributed by atoms with Crippen LogP contribution in [0.4, 0.5) is 0 Å². The van der Waals surface area contributed by atoms with Crippen LogP contribution < -0.4 is 10.1 Å². The van der Waals surface area contributed by atoms with Crippen molar-refractivity contribution in [3.8, 4) is 22.6 Å². The van der Waals surface area contributed by atoms with E-state index in [4.69, 9.17) is 4.74 Å². The molecule has 2 N–H and O–H groups in total. The third kappa shape index (κ3) is 4.90. The average molecular weight is 482 g/mol. The van der Waals surface area contributed by atoms with E-state index in [-0.39, 0.29) is 5.78 Å². The van der Waals surface area contributed by atoms with E-state index in [0.29, 0.717) is 13.0 Å². The minimum atomic E-state index is 0.216. The highest BCUT2D eigenvalue weighted by Gasteiger charge is 2.17. The summed E-state index contributed by atoms with van der Waals surface area (Å²) in [5, 5.41) is 4.35. The van der Waals surface area contributed by atoms with Crippen LogP contribution in [0.2, 0.25) is 0 Å². The molecule has 6 rings (SSSR count). The molecule has 0 unspecified atom stereocenters. The largest absolute Gasteiger partial charge is 0.457 e. The van der Waals surface area contributed by atoms with Crippen molar-refractivity contribution in [2.75, 3.05) is 26.2 Å². The average Bonchev–Trinajstić information content (AvgIpc) is 3.35. The maximum atomic E-state index is 12.7. The monoisotopic (exact) mass is 481 g/mol. The summed E-state index contributed by atoms with van der Waals surface area (Å²) in [7, 11) is 0. The number of piperidine rings is 1. The Balaban J connectivity index is 1.26. The van der Waals surface area contributed by atoms with Gasteiger partial charge in [0.25, 0.3) is 0 Å². The van der Waals surface area contributed by atoms with Gasteiger partial charge in [0.1, 0.15) is 17.1 Å². The molecule has 184 valence electrons. The Bertz CT molecular complexity index is 1390. The molecule has 1 fully saturated rings. The Kier molecular flexibility index (Phi) is 6.49. The predicted octanol–water partition coefficient (Wildman–Crippen LogP) is 4.66. The van der Waals surface area contributed by atoms with E-state index in [9.17, 15) is 4.79 Å². The van der Waals surface area contributed by atoms with Gasteiger partial charge in [0.05, 0.1) is 18.4 Å². The highest BCUT2D eigenvalue weighted by atomic mass is 16.5. The molecule has 2 aliphatic heterocycles. The molecule has 0 spiro atoms. The highest BCUT2D eigenvalue weighted by molar-refractivity contribution is 5.98. The van der Waals surface area contributed by atoms with E-state index in [1.54, 1.807) is 12.4 Å². The van der Waals surface area contributed by atoms with Crippen molar-refractivity contribution in [3.63, 3.8) is 0 Å². The molecule has 7 nitrogen and oxygen atoms in total. The van der Waals surface area contributed by atoms with Gasteiger partial charge in [0.2, 0.25) is 0 Å². The zero-order chi connectivity index (χ0) is 24.3. The van der Waals surface area contributed by atoms with Crippen LogP contribution in [0.15, 0.2) is 55.0 Å². The Hall–Kier alpha value is -3.55. The summed E-state index contributed by atoms with van der Waals surface area (Å²) >= 11 is 0. The van der Waals surface area contributed by atoms with E-state index in [0.717, 1.165) is 72.0 Å². The maximum absolute atomic E-state index is 12.7. The van der Waals surface area contributed by atoms with Gasteiger partial charge in [-0.3, -0.25) is 14.7 Å². The number of hydrogen-bond acceptors (Lipinski definition) is 6. The maximum Gasteiger partial charge on any atom is 0.152 e. The van der Waals surface area contributed by atoms with Gasteiger partial charge >= 0.3 is 0 Å². The molecule has 36 heavy (non-hydrogen) atoms. The van der Waals surface area contributed by atoms with E-state index in [2.05, 4.69) is 37.3 Å². The molecule has 5 heterocycles. The Morgan fingerprint density at radius 2 is 1.89 bits per heavy atom. The minimum Gasteiger partial charge on any atom is -0.457 e. The molecule has 0 radical (unpaired) electrons. The number of aromatic nitrogens is 3. The smallest absolute Gasteiger partial charge is 0.152 e. The number of carbonyl (C=O) groups excluding carboxylic acids is 1. The number of rotatable bonds is 7. The summed E-state index contributed by atoms with van der Waals surface area (Å²) in [6, 6.07) is 12.2. The fraction of sp³-hybridized carbons (Fsp3) is 0.345. The predicted molar refractivity (Wildman–Crippen MR) is 140 cm³/mol. The van der Waals surface area contributed by atoms with Crippen molar-refractivity contribution < 1.29 is 9.53 Å². The lowest BCUT2D eigenvalue weighted by Crippen LogP contribution is -2.35. The van der Waals surface area contributed by atoms with Crippen LogP contribution in [0.25, 0.3) is 22.2 Å². The molecule has 3 aromatic heterocycles. The fourth-order valence-electron chi connectivity index (χ4n) is 5.35. The van der Waals surface area contributed by atoms with E-state index in [1.807, 2.05) is 30.5 Å². The van der Waals surface area contributed by atoms with Crippen LogP contribution in [-0.2, 0) is 24.2 Å². The third-order valence-electron chi connectivity index (χ3n) is 7.18. The van der Waals surface area contributed by atoms with Crippen molar-refractivity contribution in [1.82, 2.24) is 25.2 Å². The Morgan fingerprint density at radius 3 is 2.81 bits per heavy atom. The van der Waals surface area contributed by atoms with E-state index >= 15 is 0 Å². The molecule has 0 saturated carbocycles. The van der Waals surface area contributed by atoms with Crippen molar-refractivity contribution in [2.24, 2.45) is 0 Å². The van der Waals surface area contributed by atoms with Crippen molar-refractivity contribution in [1.29, 1.82) is 0 Å². The number of H-pyrrole nitrogens is 1. The van der Waals surface area contributed by atoms with Gasteiger partial charge in [-0.1, -0.05) is 12.5 Å². The topological polar surface area (TPSA) is 83.1 Å². The van der Waals surface area contributed by atoms with Gasteiger partial charge in [-0.05, 0) is 85.9 Å². The quantitative estimate of drug-likeness (QED) is 0.400. The van der Waals surface area contributed by atoms with Crippen LogP contribution >= 0.6 is 0 Å². The van der Waals surface area contributed by atoms with Gasteiger partial charge in [0, 0.05) is 36.4 Å². The number of likely N-dealkylation sites (tertiary alicyclic amines) is 1. The first kappa shape index (κ1) is 22.9. The first-order valence-electron chi connectivity index (χ1n) is 12.9. The fourth-order valence-corrected chi connectivity index (χ4v) is 5.35. The summed E-state index contributed by atoms with van der Waals surface area (Å²) in [5.41, 5.74) is 6.19. The highest BCUT2D eigenvalue weighted by Crippen LogP contribution is 2.37. The lowest BCUT2D eigenvalue weighted by atomic mass is 10.0. The van der Waals surface area contributed by atoms with Gasteiger partial charge in [-0.15, -0.1) is 0 Å². The SMILES string of the molecule is O=C(Cc1cc(-c2c[nH]c3nccc(Oc4ccc5c(c4)CNCC5)c23)ccn1)CN1CCCCC1. The molecule has 1 saturated heterocycles. The second kappa shape index (κ2) is 10.2. The van der Waals surface area contributed by atoms with Crippen LogP contribution in [0.3, 0.4) is 0 Å². The lowest BCUT2D eigenvalue weighted by molar-refractivity contribution is -0.119. The summed E-state index contributed by atoms with van der Waals surface area (Å²) in [6.07, 6.45) is 10.5. The van der Waals surface area contributed by atoms with Crippen LogP contribution in [0, 0.1) is 0 Å². The number of ketones is 1. The second-order valence-corrected chi connectivity index (χ2v) is 9.78. The number of hydrogen-bond donors (Lipinski definition) is 2. The van der Waals surface area contributed by atoms with Crippen LogP contribution in [0.5, 0.6) is 11.5 Å². The number of ether oxygens (including phenoxy) is 1. The number of carbonyl (C=O) groups is 1. The third-order valence-corrected chi connectivity index (χ3v) is 7.18. The number of benzene rings is 1. The van der Waals surface area contributed by atoms with Crippen molar-refractivity contribution in [3.05, 3.63) is 71.8 Å². The number of Topliss-reactive ketones (excluding diaryl/α,β-unsaturated/α-hetero) is 1. The van der Waals surface area contributed by atoms with Crippen LogP contribution in [0.1, 0.15) is 36.1 Å². The standard InChI is InChI=1S/C29H31N5O2/c35-24(19-34-12-2-1-3-13-34)16-23-14-21(7-10-31-23)26-18-33-29-28(26)27(8-11-32-29)36-25-5-4-20-6-9-30-17-22(20)15-25/h4-5,7-8,10-11,14-15,18,30H,1-3,6,9,12-13,16-17,19H2,(H,32,33). The summed E-state index contributed by atoms with van der Waals surface area (Å²) in [6.45, 7) is 4.43. The summed E-state index contributed by atoms with van der Waals surface area (Å²) < 4.78 is 6.39. The molecule has 0 aliphatic carbocycles. The summed E-state index contributed by atoms with van der Waals surface area (Å²) in [5.74, 6) is 1.78. The number of fused-ring (bicyclic) bond motifs is 2. The zero-order valence-electron chi connectivity index (χ0n) is 20.4. The molecule has 0 bridgehead atoms. The molecule has 0 amide bonds. The number of nitrogens with one attached hydrogen (secondary N) is 2. The van der Waals surface area contributed by atoms with Gasteiger partial charge in [-0.25, -0.2) is 4.98 Å². The number of aromatic amines is 1. The first-order valence-corrected chi connectivity index (χ1v) is 12.9. The molecule has 1 aromatic carbocycles. The number of pyridine rings is 2. The molecule has 0 atom stereocenters. The number of nitrogens with zero attached hydrogens (tertiary/aromatic N) is 3. The lowest BCUT2D eigenvalue weighted by Gasteiger charge is -2.25. The van der Waals surface area contributed by atoms with Crippen LogP contribution in [-0.4, -0.2) is 51.8 Å². The van der Waals surface area contributed by atoms with Gasteiger partial charge in [-0.2, -0.15) is 0 Å². The van der Waals surface area contributed by atoms with E-state index < -0.39 is 0 Å². The van der Waals surface area contributed by atoms with Gasteiger partial charge < -0.3 is 15.0 Å². The first-order chi connectivity index (χ1) is 17.7. The molecular formula is C29H31N5O2. The van der Waals surface area contributed by atoms with Crippen molar-refractivity contribution >= 4 is 16.8 Å². The molecule has 7 heteroatoms. The Morgan fingerprint density at radius 1 is 1.00 bits per heavy atom.